The molecule has 0 unspecified atom stereocenters. The van der Waals surface area contributed by atoms with Crippen LogP contribution in [-0.2, 0) is 0 Å². The molecule has 4 nitrogen and oxygen atoms in total. The third-order valence-corrected chi connectivity index (χ3v) is 3.52. The summed E-state index contributed by atoms with van der Waals surface area (Å²) in [6, 6.07) is 3.71. The zero-order valence-electron chi connectivity index (χ0n) is 9.77. The number of halogens is 1. The second kappa shape index (κ2) is 4.82. The summed E-state index contributed by atoms with van der Waals surface area (Å²) < 4.78 is 11.3. The van der Waals surface area contributed by atoms with E-state index in [1.54, 1.807) is 0 Å². The molecule has 0 bridgehead atoms. The van der Waals surface area contributed by atoms with Gasteiger partial charge in [-0.15, -0.1) is 0 Å². The predicted octanol–water partition coefficient (Wildman–Crippen LogP) is 3.17. The van der Waals surface area contributed by atoms with E-state index in [9.17, 15) is 0 Å². The van der Waals surface area contributed by atoms with Crippen molar-refractivity contribution < 1.29 is 9.47 Å². The summed E-state index contributed by atoms with van der Waals surface area (Å²) in [5.41, 5.74) is 0.781. The molecule has 3 rings (SSSR count). The van der Waals surface area contributed by atoms with Gasteiger partial charge in [-0.3, -0.25) is 0 Å². The third kappa shape index (κ3) is 2.08. The molecule has 0 radical (unpaired) electrons. The number of thioether (sulfide) groups is 1. The first-order chi connectivity index (χ1) is 8.78. The molecule has 1 aromatic heterocycles. The maximum atomic E-state index is 6.16. The van der Waals surface area contributed by atoms with E-state index in [-0.39, 0.29) is 0 Å². The Morgan fingerprint density at radius 3 is 2.61 bits per heavy atom. The SMILES string of the molecule is CSc1nc(Cl)c2cc3c(cc2n1)OCCCO3. The number of hydrogen-bond donors (Lipinski definition) is 0. The lowest BCUT2D eigenvalue weighted by molar-refractivity contribution is 0.297. The number of nitrogens with zero attached hydrogens (tertiary/aromatic N) is 2. The van der Waals surface area contributed by atoms with Gasteiger partial charge < -0.3 is 9.47 Å². The highest BCUT2D eigenvalue weighted by Crippen LogP contribution is 2.36. The predicted molar refractivity (Wildman–Crippen MR) is 71.9 cm³/mol. The van der Waals surface area contributed by atoms with Crippen LogP contribution in [0, 0.1) is 0 Å². The van der Waals surface area contributed by atoms with Gasteiger partial charge in [-0.25, -0.2) is 9.97 Å². The van der Waals surface area contributed by atoms with Crippen molar-refractivity contribution in [3.63, 3.8) is 0 Å². The van der Waals surface area contributed by atoms with Crippen LogP contribution in [0.4, 0.5) is 0 Å². The first kappa shape index (κ1) is 11.9. The molecule has 18 heavy (non-hydrogen) atoms. The zero-order chi connectivity index (χ0) is 12.5. The molecule has 0 saturated carbocycles. The minimum Gasteiger partial charge on any atom is -0.490 e. The Morgan fingerprint density at radius 2 is 1.89 bits per heavy atom. The lowest BCUT2D eigenvalue weighted by Gasteiger charge is -2.09. The Labute approximate surface area is 114 Å². The van der Waals surface area contributed by atoms with Crippen LogP contribution in [0.5, 0.6) is 11.5 Å². The second-order valence-electron chi connectivity index (χ2n) is 3.87. The number of rotatable bonds is 1. The number of benzene rings is 1. The van der Waals surface area contributed by atoms with Crippen LogP contribution in [0.2, 0.25) is 5.15 Å². The summed E-state index contributed by atoms with van der Waals surface area (Å²) in [7, 11) is 0. The molecule has 0 N–H and O–H groups in total. The van der Waals surface area contributed by atoms with Gasteiger partial charge >= 0.3 is 0 Å². The van der Waals surface area contributed by atoms with Crippen molar-refractivity contribution in [2.45, 2.75) is 11.6 Å². The normalized spacial score (nSPS) is 14.6. The standard InChI is InChI=1S/C12H11ClN2O2S/c1-18-12-14-8-6-10-9(16-3-2-4-17-10)5-7(8)11(13)15-12/h5-6H,2-4H2,1H3. The molecular weight excluding hydrogens is 272 g/mol. The minimum absolute atomic E-state index is 0.444. The van der Waals surface area contributed by atoms with Crippen LogP contribution < -0.4 is 9.47 Å². The van der Waals surface area contributed by atoms with Crippen molar-refractivity contribution in [1.29, 1.82) is 0 Å². The number of ether oxygens (including phenoxy) is 2. The molecule has 6 heteroatoms. The Balaban J connectivity index is 2.21. The third-order valence-electron chi connectivity index (χ3n) is 2.68. The van der Waals surface area contributed by atoms with E-state index in [1.165, 1.54) is 11.8 Å². The summed E-state index contributed by atoms with van der Waals surface area (Å²) in [4.78, 5) is 8.64. The van der Waals surface area contributed by atoms with Gasteiger partial charge in [0.05, 0.1) is 18.7 Å². The van der Waals surface area contributed by atoms with Gasteiger partial charge in [0, 0.05) is 17.9 Å². The Morgan fingerprint density at radius 1 is 1.17 bits per heavy atom. The topological polar surface area (TPSA) is 44.2 Å². The van der Waals surface area contributed by atoms with E-state index in [2.05, 4.69) is 9.97 Å². The minimum atomic E-state index is 0.444. The highest BCUT2D eigenvalue weighted by Gasteiger charge is 2.14. The van der Waals surface area contributed by atoms with Gasteiger partial charge in [-0.05, 0) is 12.3 Å². The first-order valence-corrected chi connectivity index (χ1v) is 7.19. The number of fused-ring (bicyclic) bond motifs is 2. The molecule has 0 saturated heterocycles. The summed E-state index contributed by atoms with van der Waals surface area (Å²) in [5.74, 6) is 1.43. The van der Waals surface area contributed by atoms with E-state index >= 15 is 0 Å². The molecule has 0 aliphatic carbocycles. The molecule has 1 aromatic carbocycles. The van der Waals surface area contributed by atoms with Crippen LogP contribution in [0.3, 0.4) is 0 Å². The van der Waals surface area contributed by atoms with E-state index in [4.69, 9.17) is 21.1 Å². The fourth-order valence-corrected chi connectivity index (χ4v) is 2.47. The quantitative estimate of drug-likeness (QED) is 0.457. The average molecular weight is 283 g/mol. The fraction of sp³-hybridized carbons (Fsp3) is 0.333. The van der Waals surface area contributed by atoms with E-state index in [1.807, 2.05) is 18.4 Å². The summed E-state index contributed by atoms with van der Waals surface area (Å²) in [5, 5.41) is 1.89. The number of hydrogen-bond acceptors (Lipinski definition) is 5. The van der Waals surface area contributed by atoms with Gasteiger partial charge in [0.2, 0.25) is 0 Å². The lowest BCUT2D eigenvalue weighted by Crippen LogP contribution is -1.97. The lowest BCUT2D eigenvalue weighted by atomic mass is 10.2. The Bertz CT molecular complexity index is 606. The van der Waals surface area contributed by atoms with Crippen LogP contribution in [-0.4, -0.2) is 29.4 Å². The molecule has 0 amide bonds. The van der Waals surface area contributed by atoms with Gasteiger partial charge in [0.25, 0.3) is 0 Å². The van der Waals surface area contributed by atoms with Gasteiger partial charge in [0.15, 0.2) is 16.7 Å². The van der Waals surface area contributed by atoms with E-state index < -0.39 is 0 Å². The van der Waals surface area contributed by atoms with Crippen molar-refractivity contribution in [3.8, 4) is 11.5 Å². The van der Waals surface area contributed by atoms with Gasteiger partial charge in [-0.1, -0.05) is 23.4 Å². The first-order valence-electron chi connectivity index (χ1n) is 5.59. The molecular formula is C12H11ClN2O2S. The molecule has 94 valence electrons. The summed E-state index contributed by atoms with van der Waals surface area (Å²) in [6.07, 6.45) is 2.79. The largest absolute Gasteiger partial charge is 0.490 e. The number of aromatic nitrogens is 2. The van der Waals surface area contributed by atoms with Crippen molar-refractivity contribution in [1.82, 2.24) is 9.97 Å². The highest BCUT2D eigenvalue weighted by atomic mass is 35.5. The average Bonchev–Trinajstić information content (AvgIpc) is 2.61. The van der Waals surface area contributed by atoms with Crippen LogP contribution in [0.15, 0.2) is 17.3 Å². The molecule has 1 aliphatic heterocycles. The molecule has 2 heterocycles. The van der Waals surface area contributed by atoms with Crippen LogP contribution in [0.25, 0.3) is 10.9 Å². The maximum absolute atomic E-state index is 6.16. The smallest absolute Gasteiger partial charge is 0.189 e. The maximum Gasteiger partial charge on any atom is 0.189 e. The molecule has 2 aromatic rings. The van der Waals surface area contributed by atoms with Gasteiger partial charge in [-0.2, -0.15) is 0 Å². The fourth-order valence-electron chi connectivity index (χ4n) is 1.82. The van der Waals surface area contributed by atoms with Crippen LogP contribution in [0.1, 0.15) is 6.42 Å². The highest BCUT2D eigenvalue weighted by molar-refractivity contribution is 7.98. The summed E-state index contributed by atoms with van der Waals surface area (Å²) >= 11 is 7.62. The van der Waals surface area contributed by atoms with Crippen LogP contribution >= 0.6 is 23.4 Å². The zero-order valence-corrected chi connectivity index (χ0v) is 11.3. The van der Waals surface area contributed by atoms with Crippen molar-refractivity contribution >= 4 is 34.3 Å². The van der Waals surface area contributed by atoms with E-state index in [0.717, 1.165) is 23.1 Å². The molecule has 0 spiro atoms. The van der Waals surface area contributed by atoms with Gasteiger partial charge in [0.1, 0.15) is 5.15 Å². The summed E-state index contributed by atoms with van der Waals surface area (Å²) in [6.45, 7) is 1.31. The van der Waals surface area contributed by atoms with Crippen molar-refractivity contribution in [2.75, 3.05) is 19.5 Å². The monoisotopic (exact) mass is 282 g/mol. The second-order valence-corrected chi connectivity index (χ2v) is 5.00. The molecule has 0 atom stereocenters. The van der Waals surface area contributed by atoms with Crippen molar-refractivity contribution in [3.05, 3.63) is 17.3 Å². The molecule has 0 fully saturated rings. The Hall–Kier alpha value is -1.20. The molecule has 1 aliphatic rings. The Kier molecular flexibility index (Phi) is 3.18. The van der Waals surface area contributed by atoms with E-state index in [0.29, 0.717) is 29.3 Å². The van der Waals surface area contributed by atoms with Crippen molar-refractivity contribution in [2.24, 2.45) is 0 Å².